The monoisotopic (exact) mass is 255 g/mol. The number of alkyl halides is 1. The van der Waals surface area contributed by atoms with Gasteiger partial charge < -0.3 is 10.1 Å². The van der Waals surface area contributed by atoms with E-state index in [0.29, 0.717) is 18.2 Å². The zero-order chi connectivity index (χ0) is 12.3. The average Bonchev–Trinajstić information content (AvgIpc) is 2.37. The molecule has 0 aliphatic carbocycles. The molecule has 0 radical (unpaired) electrons. The van der Waals surface area contributed by atoms with Crippen LogP contribution in [-0.4, -0.2) is 24.9 Å². The molecule has 0 spiro atoms. The fourth-order valence-corrected chi connectivity index (χ4v) is 1.53. The van der Waals surface area contributed by atoms with E-state index in [1.165, 1.54) is 0 Å². The van der Waals surface area contributed by atoms with Crippen molar-refractivity contribution in [2.75, 3.05) is 19.0 Å². The summed E-state index contributed by atoms with van der Waals surface area (Å²) in [5.74, 6) is 1.31. The molecular formula is C13H18ClNO2. The molecule has 1 aromatic carbocycles. The van der Waals surface area contributed by atoms with Crippen LogP contribution < -0.4 is 10.1 Å². The van der Waals surface area contributed by atoms with Crippen molar-refractivity contribution in [1.29, 1.82) is 0 Å². The van der Waals surface area contributed by atoms with Crippen molar-refractivity contribution in [1.82, 2.24) is 5.32 Å². The first-order valence-corrected chi connectivity index (χ1v) is 6.37. The van der Waals surface area contributed by atoms with Crippen LogP contribution in [0.1, 0.15) is 19.3 Å². The number of amides is 1. The fraction of sp³-hybridized carbons (Fsp3) is 0.462. The van der Waals surface area contributed by atoms with Gasteiger partial charge in [0.15, 0.2) is 6.61 Å². The van der Waals surface area contributed by atoms with Crippen molar-refractivity contribution in [2.24, 2.45) is 0 Å². The van der Waals surface area contributed by atoms with Gasteiger partial charge in [-0.2, -0.15) is 0 Å². The first kappa shape index (κ1) is 13.8. The lowest BCUT2D eigenvalue weighted by Crippen LogP contribution is -2.29. The maximum absolute atomic E-state index is 11.4. The Morgan fingerprint density at radius 1 is 1.18 bits per heavy atom. The van der Waals surface area contributed by atoms with E-state index in [0.717, 1.165) is 19.3 Å². The van der Waals surface area contributed by atoms with Gasteiger partial charge in [0.2, 0.25) is 0 Å². The second-order valence-corrected chi connectivity index (χ2v) is 4.08. The Balaban J connectivity index is 2.05. The Hall–Kier alpha value is -1.22. The molecule has 1 amide bonds. The van der Waals surface area contributed by atoms with Gasteiger partial charge in [0, 0.05) is 12.4 Å². The largest absolute Gasteiger partial charge is 0.484 e. The SMILES string of the molecule is O=C(COc1ccccc1)NCCCCCCl. The van der Waals surface area contributed by atoms with Crippen LogP contribution in [0.4, 0.5) is 0 Å². The number of para-hydroxylation sites is 1. The highest BCUT2D eigenvalue weighted by molar-refractivity contribution is 6.17. The van der Waals surface area contributed by atoms with Crippen LogP contribution >= 0.6 is 11.6 Å². The van der Waals surface area contributed by atoms with E-state index < -0.39 is 0 Å². The number of unbranched alkanes of at least 4 members (excludes halogenated alkanes) is 2. The van der Waals surface area contributed by atoms with E-state index in [2.05, 4.69) is 5.32 Å². The van der Waals surface area contributed by atoms with Crippen molar-refractivity contribution in [3.63, 3.8) is 0 Å². The summed E-state index contributed by atoms with van der Waals surface area (Å²) in [5, 5.41) is 2.80. The lowest BCUT2D eigenvalue weighted by Gasteiger charge is -2.06. The van der Waals surface area contributed by atoms with Gasteiger partial charge in [0.25, 0.3) is 5.91 Å². The zero-order valence-corrected chi connectivity index (χ0v) is 10.6. The summed E-state index contributed by atoms with van der Waals surface area (Å²) < 4.78 is 5.31. The second kappa shape index (κ2) is 8.88. The third-order valence-corrected chi connectivity index (χ3v) is 2.51. The number of nitrogens with one attached hydrogen (secondary N) is 1. The van der Waals surface area contributed by atoms with E-state index in [1.807, 2.05) is 30.3 Å². The minimum absolute atomic E-state index is 0.0690. The summed E-state index contributed by atoms with van der Waals surface area (Å²) in [6.07, 6.45) is 3.01. The highest BCUT2D eigenvalue weighted by Gasteiger charge is 2.01. The van der Waals surface area contributed by atoms with Crippen LogP contribution in [-0.2, 0) is 4.79 Å². The summed E-state index contributed by atoms with van der Waals surface area (Å²) >= 11 is 5.55. The number of hydrogen-bond donors (Lipinski definition) is 1. The molecule has 17 heavy (non-hydrogen) atoms. The fourth-order valence-electron chi connectivity index (χ4n) is 1.34. The smallest absolute Gasteiger partial charge is 0.257 e. The Labute approximate surface area is 107 Å². The van der Waals surface area contributed by atoms with Crippen molar-refractivity contribution in [3.8, 4) is 5.75 Å². The quantitative estimate of drug-likeness (QED) is 0.573. The lowest BCUT2D eigenvalue weighted by atomic mass is 10.2. The van der Waals surface area contributed by atoms with Crippen molar-refractivity contribution in [2.45, 2.75) is 19.3 Å². The summed E-state index contributed by atoms with van der Waals surface area (Å²) in [6.45, 7) is 0.757. The number of carbonyl (C=O) groups excluding carboxylic acids is 1. The van der Waals surface area contributed by atoms with Gasteiger partial charge in [-0.3, -0.25) is 4.79 Å². The van der Waals surface area contributed by atoms with Gasteiger partial charge in [-0.1, -0.05) is 24.6 Å². The molecule has 0 aromatic heterocycles. The molecule has 0 unspecified atom stereocenters. The third kappa shape index (κ3) is 6.84. The van der Waals surface area contributed by atoms with Crippen molar-refractivity contribution in [3.05, 3.63) is 30.3 Å². The Bertz CT molecular complexity index is 316. The summed E-state index contributed by atoms with van der Waals surface area (Å²) in [7, 11) is 0. The van der Waals surface area contributed by atoms with E-state index in [9.17, 15) is 4.79 Å². The maximum Gasteiger partial charge on any atom is 0.257 e. The van der Waals surface area contributed by atoms with E-state index in [-0.39, 0.29) is 12.5 Å². The number of halogens is 1. The molecule has 0 aliphatic heterocycles. The Kier molecular flexibility index (Phi) is 7.23. The highest BCUT2D eigenvalue weighted by Crippen LogP contribution is 2.07. The molecule has 0 aliphatic rings. The molecule has 0 bridgehead atoms. The average molecular weight is 256 g/mol. The standard InChI is InChI=1S/C13H18ClNO2/c14-9-5-2-6-10-15-13(16)11-17-12-7-3-1-4-8-12/h1,3-4,7-8H,2,5-6,9-11H2,(H,15,16). The molecule has 4 heteroatoms. The molecular weight excluding hydrogens is 238 g/mol. The van der Waals surface area contributed by atoms with Crippen LogP contribution in [0, 0.1) is 0 Å². The van der Waals surface area contributed by atoms with Crippen LogP contribution in [0.2, 0.25) is 0 Å². The summed E-state index contributed by atoms with van der Waals surface area (Å²) in [4.78, 5) is 11.4. The van der Waals surface area contributed by atoms with E-state index >= 15 is 0 Å². The van der Waals surface area contributed by atoms with Crippen molar-refractivity contribution >= 4 is 17.5 Å². The van der Waals surface area contributed by atoms with Crippen LogP contribution in [0.15, 0.2) is 30.3 Å². The first-order valence-electron chi connectivity index (χ1n) is 5.83. The summed E-state index contributed by atoms with van der Waals surface area (Å²) in [6, 6.07) is 9.31. The molecule has 0 heterocycles. The highest BCUT2D eigenvalue weighted by atomic mass is 35.5. The molecule has 0 saturated heterocycles. The van der Waals surface area contributed by atoms with Gasteiger partial charge >= 0.3 is 0 Å². The molecule has 0 fully saturated rings. The topological polar surface area (TPSA) is 38.3 Å². The molecule has 1 N–H and O–H groups in total. The van der Waals surface area contributed by atoms with Crippen LogP contribution in [0.5, 0.6) is 5.75 Å². The first-order chi connectivity index (χ1) is 8.33. The van der Waals surface area contributed by atoms with Gasteiger partial charge in [0.1, 0.15) is 5.75 Å². The number of carbonyl (C=O) groups is 1. The molecule has 1 rings (SSSR count). The number of benzene rings is 1. The second-order valence-electron chi connectivity index (χ2n) is 3.70. The minimum Gasteiger partial charge on any atom is -0.484 e. The Morgan fingerprint density at radius 3 is 2.65 bits per heavy atom. The zero-order valence-electron chi connectivity index (χ0n) is 9.82. The van der Waals surface area contributed by atoms with E-state index in [1.54, 1.807) is 0 Å². The summed E-state index contributed by atoms with van der Waals surface area (Å²) in [5.41, 5.74) is 0. The molecule has 0 saturated carbocycles. The van der Waals surface area contributed by atoms with Gasteiger partial charge in [-0.25, -0.2) is 0 Å². The van der Waals surface area contributed by atoms with Gasteiger partial charge in [-0.15, -0.1) is 11.6 Å². The third-order valence-electron chi connectivity index (χ3n) is 2.25. The number of rotatable bonds is 8. The minimum atomic E-state index is -0.0836. The Morgan fingerprint density at radius 2 is 1.94 bits per heavy atom. The van der Waals surface area contributed by atoms with Gasteiger partial charge in [0.05, 0.1) is 0 Å². The number of hydrogen-bond acceptors (Lipinski definition) is 2. The number of ether oxygens (including phenoxy) is 1. The van der Waals surface area contributed by atoms with Gasteiger partial charge in [-0.05, 0) is 25.0 Å². The lowest BCUT2D eigenvalue weighted by molar-refractivity contribution is -0.123. The van der Waals surface area contributed by atoms with E-state index in [4.69, 9.17) is 16.3 Å². The normalized spacial score (nSPS) is 9.94. The van der Waals surface area contributed by atoms with Crippen LogP contribution in [0.3, 0.4) is 0 Å². The molecule has 94 valence electrons. The van der Waals surface area contributed by atoms with Crippen molar-refractivity contribution < 1.29 is 9.53 Å². The predicted octanol–water partition coefficient (Wildman–Crippen LogP) is 2.59. The predicted molar refractivity (Wildman–Crippen MR) is 69.5 cm³/mol. The molecule has 0 atom stereocenters. The molecule has 1 aromatic rings. The maximum atomic E-state index is 11.4. The van der Waals surface area contributed by atoms with Crippen LogP contribution in [0.25, 0.3) is 0 Å². The molecule has 3 nitrogen and oxygen atoms in total.